The lowest BCUT2D eigenvalue weighted by Crippen LogP contribution is -1.95. The van der Waals surface area contributed by atoms with Crippen LogP contribution in [0.4, 0.5) is 0 Å². The van der Waals surface area contributed by atoms with Crippen LogP contribution in [-0.2, 0) is 0 Å². The molecule has 0 bridgehead atoms. The Labute approximate surface area is 105 Å². The SMILES string of the molecule is CC[N+]#Cc1ccc([C@@H]2CC2C)cc1C(C)C. The van der Waals surface area contributed by atoms with E-state index in [0.717, 1.165) is 18.4 Å². The minimum Gasteiger partial charge on any atom is -0.0783 e. The van der Waals surface area contributed by atoms with Crippen molar-refractivity contribution >= 4 is 0 Å². The summed E-state index contributed by atoms with van der Waals surface area (Å²) in [6, 6.07) is 9.98. The zero-order valence-corrected chi connectivity index (χ0v) is 11.3. The van der Waals surface area contributed by atoms with Crippen molar-refractivity contribution in [2.24, 2.45) is 5.92 Å². The summed E-state index contributed by atoms with van der Waals surface area (Å²) in [4.78, 5) is 4.24. The Morgan fingerprint density at radius 2 is 2.12 bits per heavy atom. The smallest absolute Gasteiger partial charge is 0.0783 e. The Morgan fingerprint density at radius 3 is 2.65 bits per heavy atom. The van der Waals surface area contributed by atoms with E-state index in [4.69, 9.17) is 0 Å². The highest BCUT2D eigenvalue weighted by Gasteiger charge is 2.34. The van der Waals surface area contributed by atoms with Crippen LogP contribution in [0.3, 0.4) is 0 Å². The molecular weight excluding hydrogens is 206 g/mol. The van der Waals surface area contributed by atoms with E-state index >= 15 is 0 Å². The van der Waals surface area contributed by atoms with Gasteiger partial charge in [0, 0.05) is 6.92 Å². The third kappa shape index (κ3) is 2.69. The van der Waals surface area contributed by atoms with Crippen LogP contribution >= 0.6 is 0 Å². The maximum atomic E-state index is 4.24. The molecule has 0 aromatic heterocycles. The van der Waals surface area contributed by atoms with Gasteiger partial charge in [0.05, 0.1) is 0 Å². The molecule has 0 amide bonds. The van der Waals surface area contributed by atoms with Gasteiger partial charge in [-0.05, 0) is 41.4 Å². The summed E-state index contributed by atoms with van der Waals surface area (Å²) in [6.45, 7) is 9.67. The zero-order valence-electron chi connectivity index (χ0n) is 11.3. The Hall–Kier alpha value is -1.29. The molecule has 90 valence electrons. The van der Waals surface area contributed by atoms with Gasteiger partial charge in [0.1, 0.15) is 5.56 Å². The summed E-state index contributed by atoms with van der Waals surface area (Å²) in [6.07, 6.45) is 1.35. The first-order valence-electron chi connectivity index (χ1n) is 6.69. The van der Waals surface area contributed by atoms with Gasteiger partial charge in [-0.25, -0.2) is 0 Å². The second-order valence-electron chi connectivity index (χ2n) is 5.41. The predicted octanol–water partition coefficient (Wildman–Crippen LogP) is 4.63. The van der Waals surface area contributed by atoms with E-state index in [1.54, 1.807) is 0 Å². The summed E-state index contributed by atoms with van der Waals surface area (Å²) >= 11 is 0. The molecule has 1 aliphatic carbocycles. The first kappa shape index (κ1) is 12.2. The molecule has 0 spiro atoms. The van der Waals surface area contributed by atoms with E-state index in [1.165, 1.54) is 23.1 Å². The highest BCUT2D eigenvalue weighted by Crippen LogP contribution is 2.47. The van der Waals surface area contributed by atoms with Gasteiger partial charge in [-0.2, -0.15) is 0 Å². The van der Waals surface area contributed by atoms with Gasteiger partial charge >= 0.3 is 6.07 Å². The van der Waals surface area contributed by atoms with Crippen LogP contribution in [-0.4, -0.2) is 6.54 Å². The lowest BCUT2D eigenvalue weighted by molar-refractivity contribution is 0.852. The quantitative estimate of drug-likeness (QED) is 0.695. The standard InChI is InChI=1S/C16H22N/c1-5-17-10-14-7-6-13(16-8-12(16)4)9-15(14)11(2)3/h6-7,9,11-12,16H,5,8H2,1-4H3/q+1/t12?,16-/m1/s1. The Bertz CT molecular complexity index is 462. The van der Waals surface area contributed by atoms with Crippen LogP contribution in [0.15, 0.2) is 18.2 Å². The molecule has 1 aliphatic rings. The van der Waals surface area contributed by atoms with E-state index < -0.39 is 0 Å². The highest BCUT2D eigenvalue weighted by molar-refractivity contribution is 5.45. The molecule has 0 N–H and O–H groups in total. The first-order valence-corrected chi connectivity index (χ1v) is 6.69. The van der Waals surface area contributed by atoms with Gasteiger partial charge in [-0.1, -0.05) is 37.7 Å². The normalized spacial score (nSPS) is 22.2. The van der Waals surface area contributed by atoms with Crippen LogP contribution in [0.2, 0.25) is 0 Å². The van der Waals surface area contributed by atoms with E-state index in [1.807, 2.05) is 6.92 Å². The molecule has 1 aromatic rings. The Balaban J connectivity index is 2.34. The fourth-order valence-electron chi connectivity index (χ4n) is 2.34. The van der Waals surface area contributed by atoms with Crippen LogP contribution < -0.4 is 0 Å². The second-order valence-corrected chi connectivity index (χ2v) is 5.41. The van der Waals surface area contributed by atoms with Crippen molar-refractivity contribution in [3.8, 4) is 6.07 Å². The molecular formula is C16H22N+. The Kier molecular flexibility index (Phi) is 3.52. The fourth-order valence-corrected chi connectivity index (χ4v) is 2.34. The molecule has 0 aliphatic heterocycles. The molecule has 17 heavy (non-hydrogen) atoms. The largest absolute Gasteiger partial charge is 0.311 e. The van der Waals surface area contributed by atoms with E-state index in [9.17, 15) is 0 Å². The lowest BCUT2D eigenvalue weighted by Gasteiger charge is -2.09. The minimum atomic E-state index is 0.540. The topological polar surface area (TPSA) is 4.36 Å². The van der Waals surface area contributed by atoms with Gasteiger partial charge in [-0.3, -0.25) is 0 Å². The van der Waals surface area contributed by atoms with Crippen LogP contribution in [0, 0.1) is 12.0 Å². The minimum absolute atomic E-state index is 0.540. The van der Waals surface area contributed by atoms with E-state index in [-0.39, 0.29) is 0 Å². The molecule has 1 nitrogen and oxygen atoms in total. The first-order chi connectivity index (χ1) is 8.13. The average molecular weight is 228 g/mol. The molecule has 1 aromatic carbocycles. The molecule has 2 rings (SSSR count). The molecule has 0 heterocycles. The third-order valence-corrected chi connectivity index (χ3v) is 3.59. The molecule has 1 saturated carbocycles. The predicted molar refractivity (Wildman–Crippen MR) is 73.9 cm³/mol. The summed E-state index contributed by atoms with van der Waals surface area (Å²) < 4.78 is 0. The fraction of sp³-hybridized carbons (Fsp3) is 0.562. The lowest BCUT2D eigenvalue weighted by atomic mass is 9.94. The number of nitrogens with zero attached hydrogens (tertiary/aromatic N) is 1. The maximum absolute atomic E-state index is 4.24. The summed E-state index contributed by atoms with van der Waals surface area (Å²) in [5, 5.41) is 0. The van der Waals surface area contributed by atoms with Crippen molar-refractivity contribution in [3.05, 3.63) is 39.7 Å². The van der Waals surface area contributed by atoms with Crippen molar-refractivity contribution in [1.29, 1.82) is 0 Å². The van der Waals surface area contributed by atoms with Crippen molar-refractivity contribution in [2.45, 2.75) is 46.0 Å². The average Bonchev–Trinajstić information content (AvgIpc) is 3.03. The summed E-state index contributed by atoms with van der Waals surface area (Å²) in [5.74, 6) is 2.21. The van der Waals surface area contributed by atoms with Crippen LogP contribution in [0.25, 0.3) is 4.85 Å². The molecule has 0 saturated heterocycles. The van der Waals surface area contributed by atoms with Crippen molar-refractivity contribution < 1.29 is 0 Å². The van der Waals surface area contributed by atoms with Gasteiger partial charge in [0.2, 0.25) is 0 Å². The van der Waals surface area contributed by atoms with Gasteiger partial charge in [-0.15, -0.1) is 0 Å². The Morgan fingerprint density at radius 1 is 1.41 bits per heavy atom. The molecule has 1 heteroatoms. The van der Waals surface area contributed by atoms with Crippen LogP contribution in [0.1, 0.15) is 62.6 Å². The van der Waals surface area contributed by atoms with Crippen molar-refractivity contribution in [3.63, 3.8) is 0 Å². The molecule has 0 radical (unpaired) electrons. The monoisotopic (exact) mass is 228 g/mol. The van der Waals surface area contributed by atoms with Crippen molar-refractivity contribution in [2.75, 3.05) is 6.54 Å². The number of rotatable bonds is 2. The van der Waals surface area contributed by atoms with E-state index in [2.05, 4.69) is 49.9 Å². The van der Waals surface area contributed by atoms with E-state index in [0.29, 0.717) is 5.92 Å². The van der Waals surface area contributed by atoms with Gasteiger partial charge < -0.3 is 0 Å². The number of hydrogen-bond donors (Lipinski definition) is 0. The second kappa shape index (κ2) is 4.92. The highest BCUT2D eigenvalue weighted by atomic mass is 14.6. The number of hydrogen-bond acceptors (Lipinski definition) is 0. The van der Waals surface area contributed by atoms with Crippen molar-refractivity contribution in [1.82, 2.24) is 0 Å². The van der Waals surface area contributed by atoms with Gasteiger partial charge in [0.15, 0.2) is 0 Å². The zero-order chi connectivity index (χ0) is 12.4. The maximum Gasteiger partial charge on any atom is 0.311 e. The summed E-state index contributed by atoms with van der Waals surface area (Å²) in [7, 11) is 0. The molecule has 1 unspecified atom stereocenters. The third-order valence-electron chi connectivity index (χ3n) is 3.59. The molecule has 2 atom stereocenters. The molecule has 1 fully saturated rings. The number of benzene rings is 1. The summed E-state index contributed by atoms with van der Waals surface area (Å²) in [5.41, 5.74) is 4.06. The van der Waals surface area contributed by atoms with Gasteiger partial charge in [0.25, 0.3) is 6.54 Å². The van der Waals surface area contributed by atoms with Crippen LogP contribution in [0.5, 0.6) is 0 Å².